The molecular weight excluding hydrogens is 276 g/mol. The molecule has 1 aliphatic rings. The summed E-state index contributed by atoms with van der Waals surface area (Å²) < 4.78 is 23.0. The molecule has 1 heterocycles. The molecule has 0 aromatic rings. The third-order valence-electron chi connectivity index (χ3n) is 4.02. The van der Waals surface area contributed by atoms with Gasteiger partial charge >= 0.3 is 0 Å². The Bertz CT molecular complexity index is 436. The number of hydrogen-bond acceptors (Lipinski definition) is 4. The van der Waals surface area contributed by atoms with Crippen LogP contribution >= 0.6 is 0 Å². The van der Waals surface area contributed by atoms with Crippen LogP contribution in [0.3, 0.4) is 0 Å². The molecule has 5 nitrogen and oxygen atoms in total. The van der Waals surface area contributed by atoms with Gasteiger partial charge in [-0.15, -0.1) is 0 Å². The van der Waals surface area contributed by atoms with Crippen LogP contribution in [0.2, 0.25) is 0 Å². The summed E-state index contributed by atoms with van der Waals surface area (Å²) >= 11 is 0. The summed E-state index contributed by atoms with van der Waals surface area (Å²) in [5.74, 6) is 0.333. The van der Waals surface area contributed by atoms with E-state index >= 15 is 0 Å². The molecule has 118 valence electrons. The van der Waals surface area contributed by atoms with Gasteiger partial charge in [-0.3, -0.25) is 10.1 Å². The van der Waals surface area contributed by atoms with Crippen molar-refractivity contribution in [3.8, 4) is 0 Å². The molecule has 1 aliphatic heterocycles. The molecule has 0 saturated carbocycles. The second-order valence-corrected chi connectivity index (χ2v) is 8.21. The zero-order valence-electron chi connectivity index (χ0n) is 13.2. The highest BCUT2D eigenvalue weighted by atomic mass is 32.2. The van der Waals surface area contributed by atoms with Crippen LogP contribution in [0.4, 0.5) is 0 Å². The molecule has 1 rings (SSSR count). The summed E-state index contributed by atoms with van der Waals surface area (Å²) in [5, 5.41) is 3.39. The van der Waals surface area contributed by atoms with Crippen molar-refractivity contribution in [1.29, 1.82) is 0 Å². The van der Waals surface area contributed by atoms with Crippen LogP contribution in [0.15, 0.2) is 0 Å². The number of carbonyl (C=O) groups is 1. The Hall–Kier alpha value is -0.620. The highest BCUT2D eigenvalue weighted by molar-refractivity contribution is 7.90. The van der Waals surface area contributed by atoms with E-state index in [4.69, 9.17) is 0 Å². The van der Waals surface area contributed by atoms with Gasteiger partial charge in [0.15, 0.2) is 0 Å². The first-order valence-corrected chi connectivity index (χ1v) is 9.53. The van der Waals surface area contributed by atoms with Crippen LogP contribution in [-0.2, 0) is 14.6 Å². The molecule has 0 aromatic heterocycles. The number of carbonyl (C=O) groups excluding carboxylic acids is 1. The molecule has 0 aliphatic carbocycles. The van der Waals surface area contributed by atoms with Crippen molar-refractivity contribution in [2.75, 3.05) is 12.0 Å². The highest BCUT2D eigenvalue weighted by Crippen LogP contribution is 2.24. The van der Waals surface area contributed by atoms with Crippen LogP contribution in [0.1, 0.15) is 47.0 Å². The van der Waals surface area contributed by atoms with E-state index in [9.17, 15) is 13.2 Å². The molecule has 4 unspecified atom stereocenters. The number of nitrogens with one attached hydrogen (secondary N) is 1. The Labute approximate surface area is 123 Å². The summed E-state index contributed by atoms with van der Waals surface area (Å²) in [7, 11) is -3.09. The molecule has 6 heteroatoms. The fourth-order valence-electron chi connectivity index (χ4n) is 2.86. The van der Waals surface area contributed by atoms with Gasteiger partial charge in [0.1, 0.15) is 9.84 Å². The standard InChI is InChI=1S/C14H28N2O3S/c1-6-8-12-15-13(10(3)7-2)14(17)16(12)11(4)9-20(5,18)19/h10-13,15H,6-9H2,1-5H3. The van der Waals surface area contributed by atoms with Crippen LogP contribution < -0.4 is 5.32 Å². The molecule has 0 spiro atoms. The monoisotopic (exact) mass is 304 g/mol. The van der Waals surface area contributed by atoms with Gasteiger partial charge in [-0.1, -0.05) is 33.6 Å². The predicted octanol–water partition coefficient (Wildman–Crippen LogP) is 1.39. The largest absolute Gasteiger partial charge is 0.322 e. The minimum absolute atomic E-state index is 0.0217. The Balaban J connectivity index is 2.92. The van der Waals surface area contributed by atoms with E-state index in [1.165, 1.54) is 6.26 Å². The molecule has 0 bridgehead atoms. The normalized spacial score (nSPS) is 26.9. The average Bonchev–Trinajstić information content (AvgIpc) is 2.63. The summed E-state index contributed by atoms with van der Waals surface area (Å²) in [6.45, 7) is 8.02. The van der Waals surface area contributed by atoms with Gasteiger partial charge in [0.2, 0.25) is 5.91 Å². The molecule has 0 radical (unpaired) electrons. The first-order valence-electron chi connectivity index (χ1n) is 7.47. The first-order chi connectivity index (χ1) is 9.21. The lowest BCUT2D eigenvalue weighted by Crippen LogP contribution is -2.46. The van der Waals surface area contributed by atoms with E-state index in [1.54, 1.807) is 4.90 Å². The molecule has 4 atom stereocenters. The molecule has 20 heavy (non-hydrogen) atoms. The van der Waals surface area contributed by atoms with Gasteiger partial charge in [-0.2, -0.15) is 0 Å². The maximum Gasteiger partial charge on any atom is 0.241 e. The van der Waals surface area contributed by atoms with Crippen LogP contribution in [-0.4, -0.2) is 49.5 Å². The third-order valence-corrected chi connectivity index (χ3v) is 5.11. The van der Waals surface area contributed by atoms with Crippen molar-refractivity contribution in [2.45, 2.75) is 65.2 Å². The Kier molecular flexibility index (Phi) is 6.01. The minimum atomic E-state index is -3.09. The van der Waals surface area contributed by atoms with Crippen molar-refractivity contribution >= 4 is 15.7 Å². The molecule has 1 saturated heterocycles. The molecule has 1 N–H and O–H groups in total. The number of hydrogen-bond donors (Lipinski definition) is 1. The summed E-state index contributed by atoms with van der Waals surface area (Å²) in [4.78, 5) is 14.3. The lowest BCUT2D eigenvalue weighted by atomic mass is 9.99. The predicted molar refractivity (Wildman–Crippen MR) is 81.1 cm³/mol. The van der Waals surface area contributed by atoms with E-state index in [-0.39, 0.29) is 35.8 Å². The van der Waals surface area contributed by atoms with Crippen LogP contribution in [0, 0.1) is 5.92 Å². The first kappa shape index (κ1) is 17.4. The van der Waals surface area contributed by atoms with Gasteiger partial charge in [0, 0.05) is 12.3 Å². The van der Waals surface area contributed by atoms with E-state index < -0.39 is 9.84 Å². The van der Waals surface area contributed by atoms with Crippen molar-refractivity contribution < 1.29 is 13.2 Å². The number of sulfone groups is 1. The Morgan fingerprint density at radius 3 is 2.35 bits per heavy atom. The maximum atomic E-state index is 12.6. The molecular formula is C14H28N2O3S. The lowest BCUT2D eigenvalue weighted by Gasteiger charge is -2.29. The van der Waals surface area contributed by atoms with Gasteiger partial charge in [0.25, 0.3) is 0 Å². The van der Waals surface area contributed by atoms with E-state index in [0.29, 0.717) is 0 Å². The second-order valence-electron chi connectivity index (χ2n) is 6.02. The minimum Gasteiger partial charge on any atom is -0.322 e. The lowest BCUT2D eigenvalue weighted by molar-refractivity contribution is -0.132. The summed E-state index contributed by atoms with van der Waals surface area (Å²) in [6, 6.07) is -0.464. The van der Waals surface area contributed by atoms with Crippen molar-refractivity contribution in [3.05, 3.63) is 0 Å². The van der Waals surface area contributed by atoms with Crippen molar-refractivity contribution in [2.24, 2.45) is 5.92 Å². The van der Waals surface area contributed by atoms with Crippen LogP contribution in [0.5, 0.6) is 0 Å². The average molecular weight is 304 g/mol. The van der Waals surface area contributed by atoms with Crippen LogP contribution in [0.25, 0.3) is 0 Å². The zero-order valence-corrected chi connectivity index (χ0v) is 14.0. The van der Waals surface area contributed by atoms with Crippen molar-refractivity contribution in [3.63, 3.8) is 0 Å². The third kappa shape index (κ3) is 4.19. The summed E-state index contributed by atoms with van der Waals surface area (Å²) in [5.41, 5.74) is 0. The molecule has 0 aromatic carbocycles. The zero-order chi connectivity index (χ0) is 15.5. The smallest absolute Gasteiger partial charge is 0.241 e. The maximum absolute atomic E-state index is 12.6. The van der Waals surface area contributed by atoms with E-state index in [0.717, 1.165) is 19.3 Å². The highest BCUT2D eigenvalue weighted by Gasteiger charge is 2.43. The summed E-state index contributed by atoms with van der Waals surface area (Å²) in [6.07, 6.45) is 3.92. The van der Waals surface area contributed by atoms with Gasteiger partial charge in [-0.25, -0.2) is 8.42 Å². The van der Waals surface area contributed by atoms with Gasteiger partial charge in [-0.05, 0) is 19.3 Å². The Morgan fingerprint density at radius 1 is 1.30 bits per heavy atom. The molecule has 1 fully saturated rings. The number of rotatable bonds is 7. The fraction of sp³-hybridized carbons (Fsp3) is 0.929. The number of amides is 1. The van der Waals surface area contributed by atoms with E-state index in [1.807, 2.05) is 6.92 Å². The second kappa shape index (κ2) is 6.89. The number of nitrogens with zero attached hydrogens (tertiary/aromatic N) is 1. The van der Waals surface area contributed by atoms with E-state index in [2.05, 4.69) is 26.1 Å². The van der Waals surface area contributed by atoms with Gasteiger partial charge in [0.05, 0.1) is 18.0 Å². The van der Waals surface area contributed by atoms with Crippen molar-refractivity contribution in [1.82, 2.24) is 10.2 Å². The Morgan fingerprint density at radius 2 is 1.90 bits per heavy atom. The van der Waals surface area contributed by atoms with Gasteiger partial charge < -0.3 is 4.90 Å². The SMILES string of the molecule is CCCC1NC(C(C)CC)C(=O)N1C(C)CS(C)(=O)=O. The fourth-order valence-corrected chi connectivity index (χ4v) is 3.89. The topological polar surface area (TPSA) is 66.5 Å². The quantitative estimate of drug-likeness (QED) is 0.772. The molecule has 1 amide bonds.